The van der Waals surface area contributed by atoms with Gasteiger partial charge in [-0.1, -0.05) is 6.07 Å². The van der Waals surface area contributed by atoms with Gasteiger partial charge in [0.1, 0.15) is 18.1 Å². The number of hydrogen-bond acceptors (Lipinski definition) is 6. The number of aromatic nitrogens is 2. The molecule has 0 amide bonds. The standard InChI is InChI=1S/C15H17N3O5S/c19-10-11-8-12-9-17(4-5-18(12)16-11)24(20,21)14-3-1-2-13-15(14)23-7-6-22-13/h1-3,8,19H,4-7,9-10H2. The van der Waals surface area contributed by atoms with Crippen LogP contribution in [0.25, 0.3) is 0 Å². The molecule has 0 atom stereocenters. The van der Waals surface area contributed by atoms with Gasteiger partial charge in [-0.3, -0.25) is 4.68 Å². The molecule has 1 aromatic carbocycles. The number of fused-ring (bicyclic) bond motifs is 2. The Hall–Kier alpha value is -2.10. The molecule has 4 rings (SSSR count). The number of aliphatic hydroxyl groups is 1. The summed E-state index contributed by atoms with van der Waals surface area (Å²) >= 11 is 0. The second-order valence-corrected chi connectivity index (χ2v) is 7.53. The first-order valence-corrected chi connectivity index (χ1v) is 9.09. The first-order chi connectivity index (χ1) is 11.6. The number of benzene rings is 1. The molecule has 0 saturated heterocycles. The van der Waals surface area contributed by atoms with Gasteiger partial charge >= 0.3 is 0 Å². The van der Waals surface area contributed by atoms with Crippen LogP contribution >= 0.6 is 0 Å². The SMILES string of the molecule is O=S(=O)(c1cccc2c1OCCO2)N1CCn2nc(CO)cc2C1. The molecule has 9 heteroatoms. The fourth-order valence-electron chi connectivity index (χ4n) is 2.97. The van der Waals surface area contributed by atoms with Gasteiger partial charge < -0.3 is 14.6 Å². The summed E-state index contributed by atoms with van der Waals surface area (Å²) in [5.41, 5.74) is 1.30. The molecule has 0 radical (unpaired) electrons. The Morgan fingerprint density at radius 3 is 2.88 bits per heavy atom. The van der Waals surface area contributed by atoms with Gasteiger partial charge in [-0.05, 0) is 18.2 Å². The van der Waals surface area contributed by atoms with E-state index < -0.39 is 10.0 Å². The zero-order chi connectivity index (χ0) is 16.7. The third kappa shape index (κ3) is 2.45. The molecule has 24 heavy (non-hydrogen) atoms. The van der Waals surface area contributed by atoms with E-state index in [1.54, 1.807) is 22.9 Å². The van der Waals surface area contributed by atoms with Crippen LogP contribution in [0.1, 0.15) is 11.4 Å². The van der Waals surface area contributed by atoms with Crippen molar-refractivity contribution in [2.45, 2.75) is 24.6 Å². The van der Waals surface area contributed by atoms with Crippen molar-refractivity contribution in [3.05, 3.63) is 35.7 Å². The lowest BCUT2D eigenvalue weighted by Gasteiger charge is -2.28. The Balaban J connectivity index is 1.69. The molecule has 8 nitrogen and oxygen atoms in total. The fourth-order valence-corrected chi connectivity index (χ4v) is 4.52. The van der Waals surface area contributed by atoms with Crippen molar-refractivity contribution in [3.63, 3.8) is 0 Å². The van der Waals surface area contributed by atoms with Gasteiger partial charge in [0.2, 0.25) is 10.0 Å². The Bertz CT molecular complexity index is 877. The van der Waals surface area contributed by atoms with Gasteiger partial charge in [0.05, 0.1) is 31.1 Å². The number of aliphatic hydroxyl groups excluding tert-OH is 1. The Morgan fingerprint density at radius 1 is 1.21 bits per heavy atom. The number of ether oxygens (including phenoxy) is 2. The zero-order valence-corrected chi connectivity index (χ0v) is 13.7. The van der Waals surface area contributed by atoms with Gasteiger partial charge in [0.25, 0.3) is 0 Å². The summed E-state index contributed by atoms with van der Waals surface area (Å²) in [6.45, 7) is 1.53. The van der Waals surface area contributed by atoms with Crippen LogP contribution in [0.5, 0.6) is 11.5 Å². The van der Waals surface area contributed by atoms with Crippen molar-refractivity contribution in [2.75, 3.05) is 19.8 Å². The highest BCUT2D eigenvalue weighted by molar-refractivity contribution is 7.89. The van der Waals surface area contributed by atoms with E-state index in [0.29, 0.717) is 37.7 Å². The zero-order valence-electron chi connectivity index (χ0n) is 12.9. The van der Waals surface area contributed by atoms with Crippen LogP contribution in [0.4, 0.5) is 0 Å². The van der Waals surface area contributed by atoms with Crippen LogP contribution in [0, 0.1) is 0 Å². The maximum absolute atomic E-state index is 13.1. The first kappa shape index (κ1) is 15.4. The molecule has 0 fully saturated rings. The summed E-state index contributed by atoms with van der Waals surface area (Å²) in [7, 11) is -3.72. The largest absolute Gasteiger partial charge is 0.486 e. The number of para-hydroxylation sites is 1. The molecule has 1 N–H and O–H groups in total. The second-order valence-electron chi connectivity index (χ2n) is 5.63. The van der Waals surface area contributed by atoms with E-state index in [0.717, 1.165) is 5.69 Å². The predicted octanol–water partition coefficient (Wildman–Crippen LogP) is 0.351. The van der Waals surface area contributed by atoms with E-state index >= 15 is 0 Å². The molecule has 2 aliphatic heterocycles. The summed E-state index contributed by atoms with van der Waals surface area (Å²) in [4.78, 5) is 0.120. The summed E-state index contributed by atoms with van der Waals surface area (Å²) in [5.74, 6) is 0.728. The smallest absolute Gasteiger partial charge is 0.247 e. The van der Waals surface area contributed by atoms with Gasteiger partial charge in [0, 0.05) is 6.54 Å². The van der Waals surface area contributed by atoms with E-state index in [-0.39, 0.29) is 23.8 Å². The highest BCUT2D eigenvalue weighted by atomic mass is 32.2. The topological polar surface area (TPSA) is 93.9 Å². The highest BCUT2D eigenvalue weighted by Gasteiger charge is 2.33. The maximum atomic E-state index is 13.1. The minimum Gasteiger partial charge on any atom is -0.486 e. The van der Waals surface area contributed by atoms with E-state index in [1.165, 1.54) is 10.4 Å². The normalized spacial score (nSPS) is 17.5. The van der Waals surface area contributed by atoms with Crippen LogP contribution in [-0.2, 0) is 29.7 Å². The second kappa shape index (κ2) is 5.76. The predicted molar refractivity (Wildman–Crippen MR) is 83.2 cm³/mol. The summed E-state index contributed by atoms with van der Waals surface area (Å²) in [6, 6.07) is 6.61. The van der Waals surface area contributed by atoms with Crippen molar-refractivity contribution in [1.29, 1.82) is 0 Å². The average molecular weight is 351 g/mol. The van der Waals surface area contributed by atoms with Crippen molar-refractivity contribution >= 4 is 10.0 Å². The number of nitrogens with zero attached hydrogens (tertiary/aromatic N) is 3. The molecule has 0 aliphatic carbocycles. The monoisotopic (exact) mass is 351 g/mol. The Labute approximate surface area is 139 Å². The number of hydrogen-bond donors (Lipinski definition) is 1. The summed E-state index contributed by atoms with van der Waals surface area (Å²) < 4.78 is 40.3. The summed E-state index contributed by atoms with van der Waals surface area (Å²) in [5, 5.41) is 13.4. The van der Waals surface area contributed by atoms with Crippen LogP contribution in [0.2, 0.25) is 0 Å². The molecule has 0 bridgehead atoms. The lowest BCUT2D eigenvalue weighted by molar-refractivity contribution is 0.166. The quantitative estimate of drug-likeness (QED) is 0.858. The minimum absolute atomic E-state index is 0.120. The number of rotatable bonds is 3. The fraction of sp³-hybridized carbons (Fsp3) is 0.400. The van der Waals surface area contributed by atoms with Gasteiger partial charge in [-0.25, -0.2) is 8.42 Å². The third-order valence-corrected chi connectivity index (χ3v) is 5.99. The van der Waals surface area contributed by atoms with E-state index in [2.05, 4.69) is 5.10 Å². The highest BCUT2D eigenvalue weighted by Crippen LogP contribution is 2.38. The molecule has 0 spiro atoms. The molecule has 0 saturated carbocycles. The average Bonchev–Trinajstić information content (AvgIpc) is 3.03. The molecular weight excluding hydrogens is 334 g/mol. The Morgan fingerprint density at radius 2 is 2.04 bits per heavy atom. The Kier molecular flexibility index (Phi) is 3.70. The molecule has 0 unspecified atom stereocenters. The first-order valence-electron chi connectivity index (χ1n) is 7.65. The van der Waals surface area contributed by atoms with Crippen molar-refractivity contribution in [1.82, 2.24) is 14.1 Å². The van der Waals surface area contributed by atoms with Gasteiger partial charge in [-0.2, -0.15) is 9.40 Å². The van der Waals surface area contributed by atoms with Crippen molar-refractivity contribution in [3.8, 4) is 11.5 Å². The maximum Gasteiger partial charge on any atom is 0.247 e. The van der Waals surface area contributed by atoms with E-state index in [4.69, 9.17) is 9.47 Å². The molecular formula is C15H17N3O5S. The minimum atomic E-state index is -3.72. The molecule has 128 valence electrons. The summed E-state index contributed by atoms with van der Waals surface area (Å²) in [6.07, 6.45) is 0. The van der Waals surface area contributed by atoms with E-state index in [9.17, 15) is 13.5 Å². The molecule has 3 heterocycles. The van der Waals surface area contributed by atoms with Crippen molar-refractivity contribution in [2.24, 2.45) is 0 Å². The lowest BCUT2D eigenvalue weighted by Crippen LogP contribution is -2.38. The molecule has 2 aliphatic rings. The third-order valence-electron chi connectivity index (χ3n) is 4.12. The van der Waals surface area contributed by atoms with Gasteiger partial charge in [-0.15, -0.1) is 0 Å². The van der Waals surface area contributed by atoms with Gasteiger partial charge in [0.15, 0.2) is 11.5 Å². The molecule has 2 aromatic rings. The lowest BCUT2D eigenvalue weighted by atomic mass is 10.3. The van der Waals surface area contributed by atoms with Crippen LogP contribution in [0.15, 0.2) is 29.2 Å². The number of sulfonamides is 1. The van der Waals surface area contributed by atoms with Crippen LogP contribution < -0.4 is 9.47 Å². The van der Waals surface area contributed by atoms with Crippen LogP contribution in [-0.4, -0.2) is 47.4 Å². The molecule has 1 aromatic heterocycles. The van der Waals surface area contributed by atoms with Crippen LogP contribution in [0.3, 0.4) is 0 Å². The van der Waals surface area contributed by atoms with Crippen molar-refractivity contribution < 1.29 is 23.0 Å². The van der Waals surface area contributed by atoms with E-state index in [1.807, 2.05) is 0 Å².